The number of carbonyl (C=O) groups excluding carboxylic acids is 1. The Hall–Kier alpha value is -1.26. The summed E-state index contributed by atoms with van der Waals surface area (Å²) in [5.74, 6) is 0.0289. The third-order valence-electron chi connectivity index (χ3n) is 1.94. The molecular formula is C11H9NOS2. The van der Waals surface area contributed by atoms with E-state index in [1.807, 2.05) is 29.8 Å². The number of hydrogen-bond acceptors (Lipinski definition) is 4. The van der Waals surface area contributed by atoms with E-state index < -0.39 is 0 Å². The van der Waals surface area contributed by atoms with Gasteiger partial charge >= 0.3 is 0 Å². The maximum absolute atomic E-state index is 11.7. The number of rotatable bonds is 3. The number of thiazole rings is 1. The zero-order chi connectivity index (χ0) is 10.7. The van der Waals surface area contributed by atoms with Gasteiger partial charge in [0.05, 0.1) is 16.1 Å². The molecule has 2 heterocycles. The van der Waals surface area contributed by atoms with E-state index >= 15 is 0 Å². The number of carbonyl (C=O) groups is 1. The van der Waals surface area contributed by atoms with Crippen LogP contribution in [0.1, 0.15) is 20.9 Å². The molecule has 0 aliphatic rings. The van der Waals surface area contributed by atoms with Crippen LogP contribution in [0.5, 0.6) is 0 Å². The van der Waals surface area contributed by atoms with Crippen LogP contribution in [-0.2, 0) is 0 Å². The second-order valence-corrected chi connectivity index (χ2v) is 4.66. The Morgan fingerprint density at radius 3 is 3.00 bits per heavy atom. The van der Waals surface area contributed by atoms with E-state index in [2.05, 4.69) is 4.98 Å². The van der Waals surface area contributed by atoms with Gasteiger partial charge in [0, 0.05) is 0 Å². The van der Waals surface area contributed by atoms with Gasteiger partial charge in [-0.05, 0) is 35.4 Å². The molecule has 4 heteroatoms. The van der Waals surface area contributed by atoms with Crippen molar-refractivity contribution < 1.29 is 4.79 Å². The molecule has 0 spiro atoms. The standard InChI is InChI=1S/C11H9NOS2/c1-8-11(15-7-12-8)10(13)3-2-9-4-5-14-6-9/h2-7H,1H3/b3-2+. The molecule has 2 aromatic heterocycles. The molecule has 0 bridgehead atoms. The Labute approximate surface area is 95.9 Å². The zero-order valence-electron chi connectivity index (χ0n) is 8.14. The molecule has 0 aliphatic carbocycles. The van der Waals surface area contributed by atoms with Crippen molar-refractivity contribution in [2.75, 3.05) is 0 Å². The number of hydrogen-bond donors (Lipinski definition) is 0. The van der Waals surface area contributed by atoms with E-state index in [-0.39, 0.29) is 5.78 Å². The second-order valence-electron chi connectivity index (χ2n) is 3.02. The van der Waals surface area contributed by atoms with Crippen LogP contribution < -0.4 is 0 Å². The summed E-state index contributed by atoms with van der Waals surface area (Å²) in [5.41, 5.74) is 3.57. The van der Waals surface area contributed by atoms with Gasteiger partial charge in [-0.3, -0.25) is 4.79 Å². The molecule has 2 nitrogen and oxygen atoms in total. The normalized spacial score (nSPS) is 11.0. The van der Waals surface area contributed by atoms with Crippen LogP contribution in [-0.4, -0.2) is 10.8 Å². The number of aryl methyl sites for hydroxylation is 1. The van der Waals surface area contributed by atoms with Crippen molar-refractivity contribution in [3.63, 3.8) is 0 Å². The van der Waals surface area contributed by atoms with Gasteiger partial charge in [0.2, 0.25) is 0 Å². The molecule has 2 aromatic rings. The fourth-order valence-corrected chi connectivity index (χ4v) is 2.51. The molecule has 76 valence electrons. The number of nitrogens with zero attached hydrogens (tertiary/aromatic N) is 1. The van der Waals surface area contributed by atoms with Gasteiger partial charge < -0.3 is 0 Å². The lowest BCUT2D eigenvalue weighted by molar-refractivity contribution is 0.105. The van der Waals surface area contributed by atoms with E-state index in [1.165, 1.54) is 11.3 Å². The molecule has 0 fully saturated rings. The summed E-state index contributed by atoms with van der Waals surface area (Å²) in [5, 5.41) is 3.99. The van der Waals surface area contributed by atoms with Crippen LogP contribution in [0, 0.1) is 6.92 Å². The Kier molecular flexibility index (Phi) is 3.08. The molecule has 2 rings (SSSR count). The average Bonchev–Trinajstić information content (AvgIpc) is 2.84. The van der Waals surface area contributed by atoms with Gasteiger partial charge in [-0.2, -0.15) is 11.3 Å². The van der Waals surface area contributed by atoms with Crippen LogP contribution in [0.4, 0.5) is 0 Å². The van der Waals surface area contributed by atoms with Gasteiger partial charge in [0.1, 0.15) is 0 Å². The Morgan fingerprint density at radius 2 is 2.40 bits per heavy atom. The van der Waals surface area contributed by atoms with Crippen molar-refractivity contribution in [1.82, 2.24) is 4.98 Å². The van der Waals surface area contributed by atoms with Crippen molar-refractivity contribution in [1.29, 1.82) is 0 Å². The summed E-state index contributed by atoms with van der Waals surface area (Å²) in [7, 11) is 0. The SMILES string of the molecule is Cc1ncsc1C(=O)/C=C/c1ccsc1. The summed E-state index contributed by atoms with van der Waals surface area (Å²) in [4.78, 5) is 16.5. The van der Waals surface area contributed by atoms with Crippen LogP contribution >= 0.6 is 22.7 Å². The van der Waals surface area contributed by atoms with E-state index in [0.29, 0.717) is 0 Å². The highest BCUT2D eigenvalue weighted by molar-refractivity contribution is 7.12. The summed E-state index contributed by atoms with van der Waals surface area (Å²) < 4.78 is 0. The molecule has 15 heavy (non-hydrogen) atoms. The molecule has 0 atom stereocenters. The Bertz CT molecular complexity index is 482. The van der Waals surface area contributed by atoms with E-state index in [9.17, 15) is 4.79 Å². The lowest BCUT2D eigenvalue weighted by Crippen LogP contribution is -1.92. The van der Waals surface area contributed by atoms with Gasteiger partial charge in [0.25, 0.3) is 0 Å². The summed E-state index contributed by atoms with van der Waals surface area (Å²) in [6, 6.07) is 1.98. The van der Waals surface area contributed by atoms with Gasteiger partial charge in [-0.1, -0.05) is 6.08 Å². The largest absolute Gasteiger partial charge is 0.288 e. The summed E-state index contributed by atoms with van der Waals surface area (Å²) >= 11 is 3.01. The number of aromatic nitrogens is 1. The molecule has 0 saturated heterocycles. The average molecular weight is 235 g/mol. The highest BCUT2D eigenvalue weighted by atomic mass is 32.1. The molecule has 0 aromatic carbocycles. The van der Waals surface area contributed by atoms with Crippen molar-refractivity contribution in [3.8, 4) is 0 Å². The highest BCUT2D eigenvalue weighted by Gasteiger charge is 2.07. The first-order valence-electron chi connectivity index (χ1n) is 4.42. The van der Waals surface area contributed by atoms with E-state index in [0.717, 1.165) is 16.1 Å². The Morgan fingerprint density at radius 1 is 1.53 bits per heavy atom. The monoisotopic (exact) mass is 235 g/mol. The first kappa shape index (κ1) is 10.3. The smallest absolute Gasteiger partial charge is 0.197 e. The second kappa shape index (κ2) is 4.51. The quantitative estimate of drug-likeness (QED) is 0.603. The van der Waals surface area contributed by atoms with E-state index in [4.69, 9.17) is 0 Å². The van der Waals surface area contributed by atoms with E-state index in [1.54, 1.807) is 22.9 Å². The minimum Gasteiger partial charge on any atom is -0.288 e. The minimum absolute atomic E-state index is 0.0289. The third kappa shape index (κ3) is 2.40. The van der Waals surface area contributed by atoms with Crippen molar-refractivity contribution in [2.24, 2.45) is 0 Å². The topological polar surface area (TPSA) is 30.0 Å². The maximum atomic E-state index is 11.7. The first-order chi connectivity index (χ1) is 7.27. The third-order valence-corrected chi connectivity index (χ3v) is 3.58. The molecule has 0 saturated carbocycles. The first-order valence-corrected chi connectivity index (χ1v) is 6.24. The minimum atomic E-state index is 0.0289. The molecule has 0 radical (unpaired) electrons. The van der Waals surface area contributed by atoms with Crippen molar-refractivity contribution in [3.05, 3.63) is 44.5 Å². The van der Waals surface area contributed by atoms with Crippen LogP contribution in [0.25, 0.3) is 6.08 Å². The molecule has 0 aliphatic heterocycles. The number of allylic oxidation sites excluding steroid dienone is 1. The van der Waals surface area contributed by atoms with Crippen LogP contribution in [0.2, 0.25) is 0 Å². The predicted molar refractivity (Wildman–Crippen MR) is 64.5 cm³/mol. The lowest BCUT2D eigenvalue weighted by atomic mass is 10.2. The predicted octanol–water partition coefficient (Wildman–Crippen LogP) is 3.41. The lowest BCUT2D eigenvalue weighted by Gasteiger charge is -1.90. The van der Waals surface area contributed by atoms with Gasteiger partial charge in [0.15, 0.2) is 5.78 Å². The van der Waals surface area contributed by atoms with Crippen molar-refractivity contribution >= 4 is 34.5 Å². The summed E-state index contributed by atoms with van der Waals surface area (Å²) in [6.45, 7) is 1.85. The molecule has 0 N–H and O–H groups in total. The Balaban J connectivity index is 2.14. The fraction of sp³-hybridized carbons (Fsp3) is 0.0909. The van der Waals surface area contributed by atoms with Crippen LogP contribution in [0.15, 0.2) is 28.4 Å². The number of thiophene rings is 1. The molecule has 0 amide bonds. The number of ketones is 1. The van der Waals surface area contributed by atoms with Crippen LogP contribution in [0.3, 0.4) is 0 Å². The van der Waals surface area contributed by atoms with Gasteiger partial charge in [-0.15, -0.1) is 11.3 Å². The van der Waals surface area contributed by atoms with Gasteiger partial charge in [-0.25, -0.2) is 4.98 Å². The highest BCUT2D eigenvalue weighted by Crippen LogP contribution is 2.14. The zero-order valence-corrected chi connectivity index (χ0v) is 9.77. The van der Waals surface area contributed by atoms with Crippen molar-refractivity contribution in [2.45, 2.75) is 6.92 Å². The summed E-state index contributed by atoms with van der Waals surface area (Å²) in [6.07, 6.45) is 3.43. The maximum Gasteiger partial charge on any atom is 0.197 e. The molecular weight excluding hydrogens is 226 g/mol. The molecule has 0 unspecified atom stereocenters. The fourth-order valence-electron chi connectivity index (χ4n) is 1.16.